The highest BCUT2D eigenvalue weighted by atomic mass is 15.0. The van der Waals surface area contributed by atoms with E-state index in [4.69, 9.17) is 0 Å². The van der Waals surface area contributed by atoms with E-state index in [2.05, 4.69) is 16.8 Å². The molecule has 0 unspecified atom stereocenters. The van der Waals surface area contributed by atoms with Crippen molar-refractivity contribution in [1.82, 2.24) is 9.55 Å². The van der Waals surface area contributed by atoms with Gasteiger partial charge in [0.25, 0.3) is 0 Å². The van der Waals surface area contributed by atoms with Gasteiger partial charge in [0.1, 0.15) is 5.69 Å². The van der Waals surface area contributed by atoms with Crippen LogP contribution in [-0.4, -0.2) is 9.55 Å². The van der Waals surface area contributed by atoms with Crippen molar-refractivity contribution < 1.29 is 0 Å². The monoisotopic (exact) mass is 150 g/mol. The quantitative estimate of drug-likeness (QED) is 0.516. The molecule has 2 heteroatoms. The maximum Gasteiger partial charge on any atom is 0.111 e. The van der Waals surface area contributed by atoms with Gasteiger partial charge in [-0.3, -0.25) is 0 Å². The zero-order chi connectivity index (χ0) is 8.69. The van der Waals surface area contributed by atoms with Crippen molar-refractivity contribution in [1.29, 1.82) is 0 Å². The average molecular weight is 150 g/mol. The number of aromatic nitrogens is 2. The van der Waals surface area contributed by atoms with E-state index >= 15 is 0 Å². The predicted molar refractivity (Wildman–Crippen MR) is 47.1 cm³/mol. The van der Waals surface area contributed by atoms with Crippen LogP contribution >= 0.6 is 0 Å². The van der Waals surface area contributed by atoms with Gasteiger partial charge in [0, 0.05) is 7.05 Å². The van der Waals surface area contributed by atoms with Crippen molar-refractivity contribution in [3.63, 3.8) is 0 Å². The molecule has 0 spiro atoms. The molecule has 1 heterocycles. The highest BCUT2D eigenvalue weighted by Crippen LogP contribution is 1.90. The molecule has 0 fully saturated rings. The Labute approximate surface area is 68.3 Å². The summed E-state index contributed by atoms with van der Waals surface area (Å²) in [7, 11) is 1.92. The Kier molecular flexibility index (Phi) is 4.93. The molecule has 0 aliphatic heterocycles. The van der Waals surface area contributed by atoms with Gasteiger partial charge < -0.3 is 4.57 Å². The molecule has 60 valence electrons. The Morgan fingerprint density at radius 1 is 1.45 bits per heavy atom. The number of hydrogen-bond acceptors (Lipinski definition) is 1. The Morgan fingerprint density at radius 2 is 2.09 bits per heavy atom. The lowest BCUT2D eigenvalue weighted by Gasteiger charge is -1.87. The van der Waals surface area contributed by atoms with Crippen molar-refractivity contribution in [3.05, 3.63) is 18.2 Å². The molecule has 0 aliphatic carbocycles. The second kappa shape index (κ2) is 5.55. The van der Waals surface area contributed by atoms with E-state index < -0.39 is 0 Å². The second-order valence-corrected chi connectivity index (χ2v) is 1.76. The molecule has 1 aromatic rings. The topological polar surface area (TPSA) is 17.8 Å². The molecule has 0 amide bonds. The first-order chi connectivity index (χ1) is 5.34. The van der Waals surface area contributed by atoms with Crippen LogP contribution in [-0.2, 0) is 7.05 Å². The van der Waals surface area contributed by atoms with Gasteiger partial charge in [-0.1, -0.05) is 19.8 Å². The molecule has 1 aromatic heterocycles. The van der Waals surface area contributed by atoms with Crippen molar-refractivity contribution in [2.75, 3.05) is 0 Å². The first kappa shape index (κ1) is 9.77. The zero-order valence-electron chi connectivity index (χ0n) is 7.55. The number of imidazole rings is 1. The smallest absolute Gasteiger partial charge is 0.111 e. The normalized spacial score (nSPS) is 7.27. The highest BCUT2D eigenvalue weighted by molar-refractivity contribution is 5.24. The fourth-order valence-corrected chi connectivity index (χ4v) is 0.606. The molecule has 0 N–H and O–H groups in total. The van der Waals surface area contributed by atoms with Crippen LogP contribution in [0.25, 0.3) is 0 Å². The third-order valence-corrected chi connectivity index (χ3v) is 1.07. The number of nitrogens with zero attached hydrogens (tertiary/aromatic N) is 2. The SMILES string of the molecule is CC.CC#Cc1cncn1C. The lowest BCUT2D eigenvalue weighted by Crippen LogP contribution is -1.87. The lowest BCUT2D eigenvalue weighted by atomic mass is 10.5. The summed E-state index contributed by atoms with van der Waals surface area (Å²) < 4.78 is 1.89. The van der Waals surface area contributed by atoms with E-state index in [0.717, 1.165) is 5.69 Å². The Balaban J connectivity index is 0.000000461. The molecule has 0 atom stereocenters. The Hall–Kier alpha value is -1.23. The minimum atomic E-state index is 0.956. The third kappa shape index (κ3) is 2.90. The van der Waals surface area contributed by atoms with Gasteiger partial charge >= 0.3 is 0 Å². The summed E-state index contributed by atoms with van der Waals surface area (Å²) in [5.74, 6) is 5.71. The summed E-state index contributed by atoms with van der Waals surface area (Å²) in [4.78, 5) is 3.90. The van der Waals surface area contributed by atoms with Gasteiger partial charge in [-0.25, -0.2) is 4.98 Å². The summed E-state index contributed by atoms with van der Waals surface area (Å²) in [6.45, 7) is 5.81. The van der Waals surface area contributed by atoms with Crippen LogP contribution in [0.15, 0.2) is 12.5 Å². The fourth-order valence-electron chi connectivity index (χ4n) is 0.606. The number of rotatable bonds is 0. The van der Waals surface area contributed by atoms with E-state index in [1.165, 1.54) is 0 Å². The van der Waals surface area contributed by atoms with Crippen LogP contribution in [0.3, 0.4) is 0 Å². The van der Waals surface area contributed by atoms with E-state index in [1.807, 2.05) is 32.4 Å². The second-order valence-electron chi connectivity index (χ2n) is 1.76. The van der Waals surface area contributed by atoms with E-state index in [9.17, 15) is 0 Å². The molecule has 0 radical (unpaired) electrons. The number of aryl methyl sites for hydroxylation is 1. The lowest BCUT2D eigenvalue weighted by molar-refractivity contribution is 0.899. The molecule has 2 nitrogen and oxygen atoms in total. The number of hydrogen-bond donors (Lipinski definition) is 0. The fraction of sp³-hybridized carbons (Fsp3) is 0.444. The molecule has 0 aliphatic rings. The van der Waals surface area contributed by atoms with Crippen LogP contribution in [0, 0.1) is 11.8 Å². The third-order valence-electron chi connectivity index (χ3n) is 1.07. The van der Waals surface area contributed by atoms with Gasteiger partial charge in [-0.2, -0.15) is 0 Å². The molecular weight excluding hydrogens is 136 g/mol. The molecule has 1 rings (SSSR count). The first-order valence-electron chi connectivity index (χ1n) is 3.73. The minimum Gasteiger partial charge on any atom is -0.327 e. The van der Waals surface area contributed by atoms with Crippen LogP contribution in [0.4, 0.5) is 0 Å². The summed E-state index contributed by atoms with van der Waals surface area (Å²) >= 11 is 0. The first-order valence-corrected chi connectivity index (χ1v) is 3.73. The van der Waals surface area contributed by atoms with E-state index in [-0.39, 0.29) is 0 Å². The van der Waals surface area contributed by atoms with Crippen molar-refractivity contribution in [2.45, 2.75) is 20.8 Å². The Bertz CT molecular complexity index is 250. The summed E-state index contributed by atoms with van der Waals surface area (Å²) in [5, 5.41) is 0. The largest absolute Gasteiger partial charge is 0.327 e. The molecule has 0 aromatic carbocycles. The van der Waals surface area contributed by atoms with Crippen LogP contribution in [0.5, 0.6) is 0 Å². The molecular formula is C9H14N2. The maximum atomic E-state index is 3.90. The summed E-state index contributed by atoms with van der Waals surface area (Å²) in [6, 6.07) is 0. The van der Waals surface area contributed by atoms with Crippen LogP contribution in [0.1, 0.15) is 26.5 Å². The molecule has 11 heavy (non-hydrogen) atoms. The minimum absolute atomic E-state index is 0.956. The van der Waals surface area contributed by atoms with Gasteiger partial charge in [-0.15, -0.1) is 0 Å². The van der Waals surface area contributed by atoms with Crippen molar-refractivity contribution in [2.24, 2.45) is 7.05 Å². The van der Waals surface area contributed by atoms with Gasteiger partial charge in [0.05, 0.1) is 12.5 Å². The van der Waals surface area contributed by atoms with Crippen molar-refractivity contribution >= 4 is 0 Å². The highest BCUT2D eigenvalue weighted by Gasteiger charge is 1.88. The van der Waals surface area contributed by atoms with Gasteiger partial charge in [0.2, 0.25) is 0 Å². The predicted octanol–water partition coefficient (Wildman–Crippen LogP) is 1.82. The summed E-state index contributed by atoms with van der Waals surface area (Å²) in [5.41, 5.74) is 0.956. The molecule has 0 saturated heterocycles. The van der Waals surface area contributed by atoms with Gasteiger partial charge in [-0.05, 0) is 12.8 Å². The average Bonchev–Trinajstić information content (AvgIpc) is 2.42. The van der Waals surface area contributed by atoms with Crippen LogP contribution < -0.4 is 0 Å². The molecule has 0 bridgehead atoms. The zero-order valence-corrected chi connectivity index (χ0v) is 7.55. The van der Waals surface area contributed by atoms with Crippen LogP contribution in [0.2, 0.25) is 0 Å². The summed E-state index contributed by atoms with van der Waals surface area (Å²) in [6.07, 6.45) is 3.48. The molecule has 0 saturated carbocycles. The Morgan fingerprint density at radius 3 is 2.45 bits per heavy atom. The van der Waals surface area contributed by atoms with E-state index in [1.54, 1.807) is 12.5 Å². The van der Waals surface area contributed by atoms with Crippen molar-refractivity contribution in [3.8, 4) is 11.8 Å². The van der Waals surface area contributed by atoms with E-state index in [0.29, 0.717) is 0 Å². The standard InChI is InChI=1S/C7H8N2.C2H6/c1-3-4-7-5-8-6-9(7)2;1-2/h5-6H,1-2H3;1-2H3. The maximum absolute atomic E-state index is 3.90. The van der Waals surface area contributed by atoms with Gasteiger partial charge in [0.15, 0.2) is 0 Å².